The van der Waals surface area contributed by atoms with Crippen molar-refractivity contribution in [1.29, 1.82) is 0 Å². The molecule has 24 heavy (non-hydrogen) atoms. The molecule has 134 valence electrons. The van der Waals surface area contributed by atoms with Crippen LogP contribution in [0.15, 0.2) is 24.3 Å². The van der Waals surface area contributed by atoms with Crippen LogP contribution in [-0.4, -0.2) is 61.0 Å². The largest absolute Gasteiger partial charge is 0.497 e. The molecular weight excluding hydrogens is 310 g/mol. The predicted octanol–water partition coefficient (Wildman–Crippen LogP) is 1.87. The van der Waals surface area contributed by atoms with Gasteiger partial charge in [-0.15, -0.1) is 0 Å². The molecule has 1 saturated heterocycles. The van der Waals surface area contributed by atoms with Crippen LogP contribution in [0.4, 0.5) is 0 Å². The van der Waals surface area contributed by atoms with Crippen molar-refractivity contribution in [2.75, 3.05) is 33.4 Å². The van der Waals surface area contributed by atoms with Crippen LogP contribution in [0.2, 0.25) is 0 Å². The van der Waals surface area contributed by atoms with Gasteiger partial charge in [-0.1, -0.05) is 0 Å². The Morgan fingerprint density at radius 1 is 1.17 bits per heavy atom. The van der Waals surface area contributed by atoms with Crippen LogP contribution in [0.25, 0.3) is 0 Å². The Labute approximate surface area is 143 Å². The first-order valence-corrected chi connectivity index (χ1v) is 8.41. The van der Waals surface area contributed by atoms with Crippen LogP contribution >= 0.6 is 0 Å². The fourth-order valence-electron chi connectivity index (χ4n) is 3.70. The summed E-state index contributed by atoms with van der Waals surface area (Å²) >= 11 is 0. The van der Waals surface area contributed by atoms with Crippen molar-refractivity contribution in [2.45, 2.75) is 25.4 Å². The van der Waals surface area contributed by atoms with Gasteiger partial charge in [0.2, 0.25) is 0 Å². The van der Waals surface area contributed by atoms with Crippen molar-refractivity contribution < 1.29 is 24.5 Å². The summed E-state index contributed by atoms with van der Waals surface area (Å²) in [6.45, 7) is 3.91. The van der Waals surface area contributed by atoms with Gasteiger partial charge >= 0.3 is 0 Å². The Morgan fingerprint density at radius 2 is 1.71 bits per heavy atom. The van der Waals surface area contributed by atoms with E-state index >= 15 is 0 Å². The second kappa shape index (κ2) is 9.49. The van der Waals surface area contributed by atoms with Crippen LogP contribution in [0.1, 0.15) is 19.3 Å². The standard InChI is InChI=1S/C17H25NO3.CH2O2/c1-20-16-3-5-17(6-4-16)21-8-2-7-18-11-13-9-15(19)10-14(13)12-18;2-1-3/h3-6,13-15,19H,2,7-12H2,1H3;1H,(H,2,3)/t13-,14+,15?;. The highest BCUT2D eigenvalue weighted by atomic mass is 16.5. The third-order valence-corrected chi connectivity index (χ3v) is 4.75. The van der Waals surface area contributed by atoms with Crippen molar-refractivity contribution >= 4 is 6.47 Å². The van der Waals surface area contributed by atoms with E-state index in [1.54, 1.807) is 7.11 Å². The average molecular weight is 337 g/mol. The number of aliphatic hydroxyl groups is 1. The van der Waals surface area contributed by atoms with Crippen LogP contribution in [0, 0.1) is 11.8 Å². The third-order valence-electron chi connectivity index (χ3n) is 4.75. The number of likely N-dealkylation sites (tertiary alicyclic amines) is 1. The number of hydrogen-bond donors (Lipinski definition) is 2. The quantitative estimate of drug-likeness (QED) is 0.609. The molecule has 3 atom stereocenters. The number of nitrogens with zero attached hydrogens (tertiary/aromatic N) is 1. The highest BCUT2D eigenvalue weighted by Crippen LogP contribution is 2.37. The Balaban J connectivity index is 0.000000647. The van der Waals surface area contributed by atoms with Gasteiger partial charge in [-0.05, 0) is 55.4 Å². The Kier molecular flexibility index (Phi) is 7.34. The first-order chi connectivity index (χ1) is 11.7. The second-order valence-electron chi connectivity index (χ2n) is 6.39. The summed E-state index contributed by atoms with van der Waals surface area (Å²) in [7, 11) is 1.67. The molecule has 0 radical (unpaired) electrons. The minimum absolute atomic E-state index is 0.0412. The van der Waals surface area contributed by atoms with Gasteiger partial charge in [0, 0.05) is 19.6 Å². The number of methoxy groups -OCH3 is 1. The van der Waals surface area contributed by atoms with Gasteiger partial charge in [-0.25, -0.2) is 0 Å². The van der Waals surface area contributed by atoms with Gasteiger partial charge < -0.3 is 24.6 Å². The van der Waals surface area contributed by atoms with Gasteiger partial charge in [0.05, 0.1) is 19.8 Å². The topological polar surface area (TPSA) is 79.2 Å². The lowest BCUT2D eigenvalue weighted by atomic mass is 10.0. The van der Waals surface area contributed by atoms with E-state index < -0.39 is 0 Å². The average Bonchev–Trinajstić information content (AvgIpc) is 3.09. The maximum absolute atomic E-state index is 9.65. The van der Waals surface area contributed by atoms with E-state index in [1.165, 1.54) is 0 Å². The Hall–Kier alpha value is -1.79. The van der Waals surface area contributed by atoms with Crippen LogP contribution < -0.4 is 9.47 Å². The smallest absolute Gasteiger partial charge is 0.290 e. The molecule has 1 aliphatic heterocycles. The van der Waals surface area contributed by atoms with Crippen LogP contribution in [0.5, 0.6) is 11.5 Å². The van der Waals surface area contributed by atoms with Crippen LogP contribution in [0.3, 0.4) is 0 Å². The lowest BCUT2D eigenvalue weighted by Gasteiger charge is -2.17. The molecule has 1 heterocycles. The van der Waals surface area contributed by atoms with Gasteiger partial charge in [0.25, 0.3) is 6.47 Å². The van der Waals surface area contributed by atoms with E-state index in [2.05, 4.69) is 4.90 Å². The first-order valence-electron chi connectivity index (χ1n) is 8.41. The zero-order valence-corrected chi connectivity index (χ0v) is 14.1. The molecule has 0 spiro atoms. The molecule has 1 saturated carbocycles. The third kappa shape index (κ3) is 5.39. The summed E-state index contributed by atoms with van der Waals surface area (Å²) in [6, 6.07) is 7.73. The minimum Gasteiger partial charge on any atom is -0.497 e. The second-order valence-corrected chi connectivity index (χ2v) is 6.39. The Morgan fingerprint density at radius 3 is 2.25 bits per heavy atom. The Bertz CT molecular complexity index is 479. The molecule has 1 aromatic carbocycles. The van der Waals surface area contributed by atoms with Crippen molar-refractivity contribution in [3.05, 3.63) is 24.3 Å². The van der Waals surface area contributed by atoms with E-state index in [4.69, 9.17) is 19.4 Å². The molecule has 1 unspecified atom stereocenters. The molecule has 1 aliphatic carbocycles. The zero-order valence-electron chi connectivity index (χ0n) is 14.1. The first kappa shape index (κ1) is 18.5. The van der Waals surface area contributed by atoms with Gasteiger partial charge in [-0.3, -0.25) is 4.79 Å². The molecule has 2 aliphatic rings. The molecule has 2 N–H and O–H groups in total. The molecule has 6 nitrogen and oxygen atoms in total. The SMILES string of the molecule is COc1ccc(OCCCN2C[C@H]3CC(O)C[C@H]3C2)cc1.O=CO. The van der Waals surface area contributed by atoms with Gasteiger partial charge in [-0.2, -0.15) is 0 Å². The number of ether oxygens (including phenoxy) is 2. The summed E-state index contributed by atoms with van der Waals surface area (Å²) in [5.41, 5.74) is 0. The maximum Gasteiger partial charge on any atom is 0.290 e. The summed E-state index contributed by atoms with van der Waals surface area (Å²) in [5.74, 6) is 3.20. The molecular formula is C18H27NO5. The molecule has 1 aromatic rings. The van der Waals surface area contributed by atoms with Crippen molar-refractivity contribution in [3.8, 4) is 11.5 Å². The minimum atomic E-state index is -0.250. The van der Waals surface area contributed by atoms with Crippen molar-refractivity contribution in [2.24, 2.45) is 11.8 Å². The van der Waals surface area contributed by atoms with Crippen molar-refractivity contribution in [1.82, 2.24) is 4.90 Å². The summed E-state index contributed by atoms with van der Waals surface area (Å²) in [5, 5.41) is 16.5. The number of benzene rings is 1. The molecule has 3 rings (SSSR count). The van der Waals surface area contributed by atoms with E-state index in [-0.39, 0.29) is 12.6 Å². The molecule has 0 bridgehead atoms. The van der Waals surface area contributed by atoms with E-state index in [1.807, 2.05) is 24.3 Å². The van der Waals surface area contributed by atoms with E-state index in [9.17, 15) is 5.11 Å². The summed E-state index contributed by atoms with van der Waals surface area (Å²) < 4.78 is 10.9. The van der Waals surface area contributed by atoms with E-state index in [0.717, 1.165) is 68.8 Å². The number of carboxylic acid groups (broad SMARTS) is 1. The summed E-state index contributed by atoms with van der Waals surface area (Å²) in [4.78, 5) is 10.9. The van der Waals surface area contributed by atoms with Gasteiger partial charge in [0.15, 0.2) is 0 Å². The fourth-order valence-corrected chi connectivity index (χ4v) is 3.70. The molecule has 0 amide bonds. The lowest BCUT2D eigenvalue weighted by Crippen LogP contribution is -2.25. The lowest BCUT2D eigenvalue weighted by molar-refractivity contribution is -0.122. The van der Waals surface area contributed by atoms with E-state index in [0.29, 0.717) is 0 Å². The number of carbonyl (C=O) groups is 1. The van der Waals surface area contributed by atoms with Gasteiger partial charge in [0.1, 0.15) is 11.5 Å². The maximum atomic E-state index is 9.65. The molecule has 2 fully saturated rings. The predicted molar refractivity (Wildman–Crippen MR) is 90.5 cm³/mol. The summed E-state index contributed by atoms with van der Waals surface area (Å²) in [6.07, 6.45) is 3.02. The fraction of sp³-hybridized carbons (Fsp3) is 0.611. The molecule has 6 heteroatoms. The highest BCUT2D eigenvalue weighted by molar-refractivity contribution is 5.32. The zero-order chi connectivity index (χ0) is 17.4. The normalized spacial score (nSPS) is 25.5. The number of rotatable bonds is 6. The number of aliphatic hydroxyl groups excluding tert-OH is 1. The highest BCUT2D eigenvalue weighted by Gasteiger charge is 2.39. The number of hydrogen-bond acceptors (Lipinski definition) is 5. The molecule has 0 aromatic heterocycles. The van der Waals surface area contributed by atoms with Crippen LogP contribution in [-0.2, 0) is 4.79 Å². The monoisotopic (exact) mass is 337 g/mol. The number of fused-ring (bicyclic) bond motifs is 1. The van der Waals surface area contributed by atoms with Crippen molar-refractivity contribution in [3.63, 3.8) is 0 Å².